The average Bonchev–Trinajstić information content (AvgIpc) is 2.52. The van der Waals surface area contributed by atoms with Crippen molar-refractivity contribution in [1.29, 1.82) is 0 Å². The fraction of sp³-hybridized carbons (Fsp3) is 0.875. The van der Waals surface area contributed by atoms with Crippen LogP contribution in [-0.4, -0.2) is 77.4 Å². The van der Waals surface area contributed by atoms with E-state index in [1.807, 2.05) is 0 Å². The van der Waals surface area contributed by atoms with Crippen molar-refractivity contribution < 1.29 is 33.6 Å². The van der Waals surface area contributed by atoms with E-state index in [9.17, 15) is 9.59 Å². The molecule has 146 valence electrons. The molecule has 8 nitrogen and oxygen atoms in total. The second-order valence-electron chi connectivity index (χ2n) is 4.73. The molecule has 2 N–H and O–H groups in total. The van der Waals surface area contributed by atoms with Crippen molar-refractivity contribution in [2.75, 3.05) is 54.3 Å². The van der Waals surface area contributed by atoms with Gasteiger partial charge in [-0.05, 0) is 6.42 Å². The minimum Gasteiger partial charge on any atom is -0.463 e. The molecule has 0 aromatic carbocycles. The summed E-state index contributed by atoms with van der Waals surface area (Å²) in [5.74, 6) is -0.405. The fourth-order valence-corrected chi connectivity index (χ4v) is 1.07. The Morgan fingerprint density at radius 1 is 1.00 bits per heavy atom. The lowest BCUT2D eigenvalue weighted by atomic mass is 10.4. The first kappa shape index (κ1) is 27.6. The second kappa shape index (κ2) is 24.0. The lowest BCUT2D eigenvalue weighted by Crippen LogP contribution is -2.23. The van der Waals surface area contributed by atoms with E-state index in [4.69, 9.17) is 9.84 Å². The molecule has 0 saturated carbocycles. The first-order valence-corrected chi connectivity index (χ1v) is 7.88. The summed E-state index contributed by atoms with van der Waals surface area (Å²) >= 11 is 0. The first-order valence-electron chi connectivity index (χ1n) is 7.88. The SMILES string of the molecule is CCCCOC.COCC(O)COC(C)=O.COCCNC(C)=O. The molecular weight excluding hydrogens is 318 g/mol. The highest BCUT2D eigenvalue weighted by atomic mass is 16.5. The lowest BCUT2D eigenvalue weighted by molar-refractivity contribution is -0.144. The zero-order valence-electron chi connectivity index (χ0n) is 15.9. The van der Waals surface area contributed by atoms with E-state index in [1.165, 1.54) is 33.8 Å². The number of aliphatic hydroxyl groups excluding tert-OH is 1. The van der Waals surface area contributed by atoms with Crippen molar-refractivity contribution >= 4 is 11.9 Å². The van der Waals surface area contributed by atoms with Crippen molar-refractivity contribution in [3.63, 3.8) is 0 Å². The minimum absolute atomic E-state index is 0.00315. The van der Waals surface area contributed by atoms with Crippen LogP contribution in [0.5, 0.6) is 0 Å². The van der Waals surface area contributed by atoms with Gasteiger partial charge in [0.1, 0.15) is 12.7 Å². The summed E-state index contributed by atoms with van der Waals surface area (Å²) in [4.78, 5) is 20.3. The zero-order valence-corrected chi connectivity index (χ0v) is 15.9. The van der Waals surface area contributed by atoms with Gasteiger partial charge < -0.3 is 29.4 Å². The van der Waals surface area contributed by atoms with Crippen LogP contribution in [0.25, 0.3) is 0 Å². The van der Waals surface area contributed by atoms with Gasteiger partial charge in [0.2, 0.25) is 5.91 Å². The third-order valence-electron chi connectivity index (χ3n) is 2.22. The number of carbonyl (C=O) groups is 2. The van der Waals surface area contributed by atoms with Crippen LogP contribution in [-0.2, 0) is 28.5 Å². The van der Waals surface area contributed by atoms with Crippen molar-refractivity contribution in [2.24, 2.45) is 0 Å². The predicted octanol–water partition coefficient (Wildman–Crippen LogP) is 0.759. The molecule has 1 atom stereocenters. The van der Waals surface area contributed by atoms with Gasteiger partial charge in [-0.15, -0.1) is 0 Å². The zero-order chi connectivity index (χ0) is 19.2. The molecule has 0 saturated heterocycles. The summed E-state index contributed by atoms with van der Waals surface area (Å²) in [6.45, 7) is 7.21. The van der Waals surface area contributed by atoms with Crippen LogP contribution in [0.3, 0.4) is 0 Å². The van der Waals surface area contributed by atoms with Crippen LogP contribution in [0.2, 0.25) is 0 Å². The van der Waals surface area contributed by atoms with Crippen LogP contribution in [0.4, 0.5) is 0 Å². The normalized spacial score (nSPS) is 10.5. The third-order valence-corrected chi connectivity index (χ3v) is 2.22. The maximum Gasteiger partial charge on any atom is 0.302 e. The van der Waals surface area contributed by atoms with Crippen molar-refractivity contribution in [2.45, 2.75) is 39.7 Å². The van der Waals surface area contributed by atoms with Gasteiger partial charge >= 0.3 is 5.97 Å². The number of carbonyl (C=O) groups excluding carboxylic acids is 2. The number of aliphatic hydroxyl groups is 1. The summed E-state index contributed by atoms with van der Waals surface area (Å²) in [6.07, 6.45) is 1.71. The van der Waals surface area contributed by atoms with Crippen LogP contribution in [0.15, 0.2) is 0 Å². The van der Waals surface area contributed by atoms with Gasteiger partial charge in [-0.25, -0.2) is 0 Å². The summed E-state index contributed by atoms with van der Waals surface area (Å²) in [7, 11) is 4.80. The maximum absolute atomic E-state index is 10.2. The minimum atomic E-state index is -0.714. The number of rotatable bonds is 10. The Labute approximate surface area is 145 Å². The number of methoxy groups -OCH3 is 3. The molecule has 0 fully saturated rings. The van der Waals surface area contributed by atoms with Gasteiger partial charge in [0.05, 0.1) is 13.2 Å². The number of hydrogen-bond donors (Lipinski definition) is 2. The topological polar surface area (TPSA) is 103 Å². The number of nitrogens with one attached hydrogen (secondary N) is 1. The standard InChI is InChI=1S/C6H12O4.C5H11NO2.C5H12O/c1-5(7)10-4-6(8)3-9-2;1-5(7)6-3-4-8-2;1-3-4-5-6-2/h6,8H,3-4H2,1-2H3;3-4H2,1-2H3,(H,6,7);3-5H2,1-2H3. The molecule has 0 aliphatic carbocycles. The van der Waals surface area contributed by atoms with Gasteiger partial charge in [0.15, 0.2) is 0 Å². The Bertz CT molecular complexity index is 271. The monoisotopic (exact) mass is 353 g/mol. The summed E-state index contributed by atoms with van der Waals surface area (Å²) in [5.41, 5.74) is 0. The Morgan fingerprint density at radius 2 is 1.58 bits per heavy atom. The molecule has 24 heavy (non-hydrogen) atoms. The molecule has 0 aliphatic rings. The largest absolute Gasteiger partial charge is 0.463 e. The quantitative estimate of drug-likeness (QED) is 0.441. The van der Waals surface area contributed by atoms with E-state index in [-0.39, 0.29) is 19.1 Å². The molecule has 0 aromatic heterocycles. The van der Waals surface area contributed by atoms with E-state index in [2.05, 4.69) is 26.5 Å². The number of ether oxygens (including phenoxy) is 4. The molecule has 0 rings (SSSR count). The number of hydrogen-bond acceptors (Lipinski definition) is 7. The van der Waals surface area contributed by atoms with E-state index in [0.29, 0.717) is 13.2 Å². The third kappa shape index (κ3) is 37.2. The van der Waals surface area contributed by atoms with Crippen molar-refractivity contribution in [3.05, 3.63) is 0 Å². The van der Waals surface area contributed by atoms with Gasteiger partial charge in [-0.1, -0.05) is 13.3 Å². The molecular formula is C16H35NO7. The highest BCUT2D eigenvalue weighted by Gasteiger charge is 2.03. The molecule has 0 radical (unpaired) electrons. The fourth-order valence-electron chi connectivity index (χ4n) is 1.07. The Hall–Kier alpha value is -1.22. The van der Waals surface area contributed by atoms with Crippen LogP contribution < -0.4 is 5.32 Å². The smallest absolute Gasteiger partial charge is 0.302 e. The second-order valence-corrected chi connectivity index (χ2v) is 4.73. The van der Waals surface area contributed by atoms with E-state index in [0.717, 1.165) is 6.61 Å². The van der Waals surface area contributed by atoms with Crippen molar-refractivity contribution in [1.82, 2.24) is 5.32 Å². The molecule has 0 heterocycles. The van der Waals surface area contributed by atoms with Crippen LogP contribution in [0.1, 0.15) is 33.6 Å². The van der Waals surface area contributed by atoms with Gasteiger partial charge in [0, 0.05) is 48.3 Å². The molecule has 8 heteroatoms. The van der Waals surface area contributed by atoms with Gasteiger partial charge in [-0.2, -0.15) is 0 Å². The molecule has 0 spiro atoms. The van der Waals surface area contributed by atoms with Gasteiger partial charge in [0.25, 0.3) is 0 Å². The summed E-state index contributed by atoms with van der Waals surface area (Å²) in [5, 5.41) is 11.5. The maximum atomic E-state index is 10.2. The first-order chi connectivity index (χ1) is 11.3. The lowest BCUT2D eigenvalue weighted by Gasteiger charge is -2.07. The number of unbranched alkanes of at least 4 members (excludes halogenated alkanes) is 1. The molecule has 0 aromatic rings. The van der Waals surface area contributed by atoms with Gasteiger partial charge in [-0.3, -0.25) is 9.59 Å². The van der Waals surface area contributed by atoms with Crippen LogP contribution in [0, 0.1) is 0 Å². The molecule has 0 aliphatic heterocycles. The number of amides is 1. The Balaban J connectivity index is -0.000000285. The summed E-state index contributed by atoms with van der Waals surface area (Å²) in [6, 6.07) is 0. The molecule has 1 unspecified atom stereocenters. The Morgan fingerprint density at radius 3 is 1.92 bits per heavy atom. The predicted molar refractivity (Wildman–Crippen MR) is 91.9 cm³/mol. The van der Waals surface area contributed by atoms with Crippen molar-refractivity contribution in [3.8, 4) is 0 Å². The average molecular weight is 353 g/mol. The van der Waals surface area contributed by atoms with E-state index >= 15 is 0 Å². The molecule has 1 amide bonds. The van der Waals surface area contributed by atoms with Crippen LogP contribution >= 0.6 is 0 Å². The highest BCUT2D eigenvalue weighted by molar-refractivity contribution is 5.72. The number of esters is 1. The molecule has 0 bridgehead atoms. The van der Waals surface area contributed by atoms with E-state index in [1.54, 1.807) is 14.2 Å². The summed E-state index contributed by atoms with van der Waals surface area (Å²) < 4.78 is 18.5. The Kier molecular flexibility index (Phi) is 27.7. The van der Waals surface area contributed by atoms with E-state index < -0.39 is 12.1 Å². The highest BCUT2D eigenvalue weighted by Crippen LogP contribution is 1.86.